The number of hydrogen-bond acceptors (Lipinski definition) is 4. The Morgan fingerprint density at radius 2 is 1.76 bits per heavy atom. The number of benzene rings is 1. The number of nitrogens with zero attached hydrogens (tertiary/aromatic N) is 4. The molecule has 134 valence electrons. The van der Waals surface area contributed by atoms with Crippen molar-refractivity contribution in [1.29, 1.82) is 0 Å². The van der Waals surface area contributed by atoms with Gasteiger partial charge in [0.2, 0.25) is 11.8 Å². The van der Waals surface area contributed by atoms with Crippen LogP contribution in [0.5, 0.6) is 0 Å². The summed E-state index contributed by atoms with van der Waals surface area (Å²) >= 11 is 0. The van der Waals surface area contributed by atoms with Crippen LogP contribution >= 0.6 is 0 Å². The third-order valence-corrected chi connectivity index (χ3v) is 4.67. The molecule has 0 unspecified atom stereocenters. The molecular formula is C17H23N5O3. The summed E-state index contributed by atoms with van der Waals surface area (Å²) < 4.78 is 3.07. The molecule has 0 aliphatic carbocycles. The van der Waals surface area contributed by atoms with Crippen molar-refractivity contribution < 1.29 is 9.59 Å². The highest BCUT2D eigenvalue weighted by molar-refractivity contribution is 5.81. The van der Waals surface area contributed by atoms with Gasteiger partial charge in [-0.25, -0.2) is 4.79 Å². The number of amides is 2. The molecule has 1 aromatic heterocycles. The molecule has 2 N–H and O–H groups in total. The second-order valence-electron chi connectivity index (χ2n) is 6.39. The highest BCUT2D eigenvalue weighted by Crippen LogP contribution is 2.12. The minimum atomic E-state index is -0.359. The lowest BCUT2D eigenvalue weighted by Gasteiger charge is -2.21. The van der Waals surface area contributed by atoms with Crippen molar-refractivity contribution in [3.63, 3.8) is 0 Å². The van der Waals surface area contributed by atoms with Crippen molar-refractivity contribution in [2.24, 2.45) is 12.8 Å². The summed E-state index contributed by atoms with van der Waals surface area (Å²) in [5, 5.41) is 0. The number of nitrogens with two attached hydrogens (primary N) is 1. The van der Waals surface area contributed by atoms with Crippen molar-refractivity contribution in [3.8, 4) is 0 Å². The minimum Gasteiger partial charge on any atom is -0.369 e. The first-order valence-electron chi connectivity index (χ1n) is 8.40. The topological polar surface area (TPSA) is 93.6 Å². The number of carbonyl (C=O) groups excluding carboxylic acids is 2. The summed E-state index contributed by atoms with van der Waals surface area (Å²) in [4.78, 5) is 39.9. The molecule has 8 heteroatoms. The summed E-state index contributed by atoms with van der Waals surface area (Å²) in [6.45, 7) is 2.74. The maximum atomic E-state index is 12.7. The highest BCUT2D eigenvalue weighted by Gasteiger charge is 2.21. The number of hydrogen-bond donors (Lipinski definition) is 1. The van der Waals surface area contributed by atoms with E-state index < -0.39 is 0 Å². The Bertz CT molecular complexity index is 854. The maximum absolute atomic E-state index is 12.7. The summed E-state index contributed by atoms with van der Waals surface area (Å²) in [6.07, 6.45) is 0.781. The number of imidazole rings is 1. The van der Waals surface area contributed by atoms with Crippen LogP contribution in [-0.4, -0.2) is 63.5 Å². The molecule has 0 saturated carbocycles. The van der Waals surface area contributed by atoms with E-state index in [1.165, 1.54) is 4.57 Å². The Labute approximate surface area is 145 Å². The van der Waals surface area contributed by atoms with Crippen LogP contribution in [0, 0.1) is 0 Å². The van der Waals surface area contributed by atoms with Gasteiger partial charge in [0.15, 0.2) is 0 Å². The smallest absolute Gasteiger partial charge is 0.329 e. The first-order chi connectivity index (χ1) is 12.0. The van der Waals surface area contributed by atoms with E-state index in [-0.39, 0.29) is 30.6 Å². The van der Waals surface area contributed by atoms with Gasteiger partial charge in [-0.2, -0.15) is 0 Å². The van der Waals surface area contributed by atoms with Gasteiger partial charge in [-0.05, 0) is 18.6 Å². The number of aryl methyl sites for hydroxylation is 1. The zero-order valence-electron chi connectivity index (χ0n) is 14.4. The van der Waals surface area contributed by atoms with Gasteiger partial charge in [0.05, 0.1) is 17.6 Å². The van der Waals surface area contributed by atoms with Crippen LogP contribution in [0.4, 0.5) is 0 Å². The van der Waals surface area contributed by atoms with Crippen molar-refractivity contribution in [2.45, 2.75) is 13.0 Å². The molecule has 1 aliphatic rings. The molecule has 1 fully saturated rings. The Morgan fingerprint density at radius 3 is 2.48 bits per heavy atom. The highest BCUT2D eigenvalue weighted by atomic mass is 16.2. The molecule has 1 aliphatic heterocycles. The van der Waals surface area contributed by atoms with Gasteiger partial charge in [0.1, 0.15) is 6.54 Å². The normalized spacial score (nSPS) is 16.1. The summed E-state index contributed by atoms with van der Waals surface area (Å²) in [6, 6.07) is 7.44. The molecule has 0 spiro atoms. The molecule has 1 aromatic carbocycles. The fourth-order valence-electron chi connectivity index (χ4n) is 3.35. The fourth-order valence-corrected chi connectivity index (χ4v) is 3.35. The van der Waals surface area contributed by atoms with Crippen LogP contribution in [0.25, 0.3) is 11.0 Å². The predicted octanol–water partition coefficient (Wildman–Crippen LogP) is -0.640. The lowest BCUT2D eigenvalue weighted by molar-refractivity contribution is -0.131. The third-order valence-electron chi connectivity index (χ3n) is 4.67. The Kier molecular flexibility index (Phi) is 4.89. The average molecular weight is 345 g/mol. The van der Waals surface area contributed by atoms with E-state index in [1.807, 2.05) is 29.2 Å². The van der Waals surface area contributed by atoms with Crippen LogP contribution in [-0.2, 0) is 23.2 Å². The van der Waals surface area contributed by atoms with E-state index in [9.17, 15) is 14.4 Å². The minimum absolute atomic E-state index is 0.0238. The molecule has 0 atom stereocenters. The fraction of sp³-hybridized carbons (Fsp3) is 0.471. The first-order valence-corrected chi connectivity index (χ1v) is 8.40. The maximum Gasteiger partial charge on any atom is 0.329 e. The quantitative estimate of drug-likeness (QED) is 0.798. The van der Waals surface area contributed by atoms with E-state index in [4.69, 9.17) is 5.73 Å². The zero-order chi connectivity index (χ0) is 18.0. The number of primary amides is 1. The van der Waals surface area contributed by atoms with E-state index >= 15 is 0 Å². The van der Waals surface area contributed by atoms with E-state index in [2.05, 4.69) is 0 Å². The number of fused-ring (bicyclic) bond motifs is 1. The van der Waals surface area contributed by atoms with Gasteiger partial charge < -0.3 is 10.6 Å². The average Bonchev–Trinajstić information content (AvgIpc) is 2.75. The van der Waals surface area contributed by atoms with Gasteiger partial charge in [-0.3, -0.25) is 23.6 Å². The SMILES string of the molecule is Cn1c(=O)n(CC(=O)N2CCCN(CC(N)=O)CC2)c2ccccc21. The van der Waals surface area contributed by atoms with Crippen molar-refractivity contribution in [1.82, 2.24) is 18.9 Å². The summed E-state index contributed by atoms with van der Waals surface area (Å²) in [5.41, 5.74) is 6.61. The zero-order valence-corrected chi connectivity index (χ0v) is 14.4. The second-order valence-corrected chi connectivity index (χ2v) is 6.39. The van der Waals surface area contributed by atoms with Crippen molar-refractivity contribution >= 4 is 22.8 Å². The van der Waals surface area contributed by atoms with Crippen LogP contribution in [0.3, 0.4) is 0 Å². The summed E-state index contributed by atoms with van der Waals surface area (Å²) in [5.74, 6) is -0.443. The van der Waals surface area contributed by atoms with Gasteiger partial charge in [0.25, 0.3) is 0 Å². The molecule has 25 heavy (non-hydrogen) atoms. The molecule has 3 rings (SSSR count). The number of para-hydroxylation sites is 2. The molecule has 0 radical (unpaired) electrons. The molecule has 0 bridgehead atoms. The van der Waals surface area contributed by atoms with Crippen molar-refractivity contribution in [3.05, 3.63) is 34.7 Å². The standard InChI is InChI=1S/C17H23N5O3/c1-19-13-5-2-3-6-14(13)22(17(19)25)12-16(24)21-8-4-7-20(9-10-21)11-15(18)23/h2-3,5-6H,4,7-12H2,1H3,(H2,18,23). The van der Waals surface area contributed by atoms with E-state index in [0.29, 0.717) is 19.6 Å². The van der Waals surface area contributed by atoms with Crippen LogP contribution in [0.15, 0.2) is 29.1 Å². The number of rotatable bonds is 4. The summed E-state index contributed by atoms with van der Waals surface area (Å²) in [7, 11) is 1.71. The van der Waals surface area contributed by atoms with Crippen LogP contribution in [0.1, 0.15) is 6.42 Å². The molecule has 1 saturated heterocycles. The molecule has 2 aromatic rings. The number of carbonyl (C=O) groups is 2. The monoisotopic (exact) mass is 345 g/mol. The molecule has 2 amide bonds. The Morgan fingerprint density at radius 1 is 1.04 bits per heavy atom. The third kappa shape index (κ3) is 3.58. The van der Waals surface area contributed by atoms with Crippen LogP contribution in [0.2, 0.25) is 0 Å². The van der Waals surface area contributed by atoms with Gasteiger partial charge in [-0.1, -0.05) is 12.1 Å². The van der Waals surface area contributed by atoms with Gasteiger partial charge >= 0.3 is 5.69 Å². The van der Waals surface area contributed by atoms with Crippen LogP contribution < -0.4 is 11.4 Å². The van der Waals surface area contributed by atoms with Crippen molar-refractivity contribution in [2.75, 3.05) is 32.7 Å². The lowest BCUT2D eigenvalue weighted by atomic mass is 10.3. The largest absolute Gasteiger partial charge is 0.369 e. The molecule has 8 nitrogen and oxygen atoms in total. The van der Waals surface area contributed by atoms with E-state index in [0.717, 1.165) is 24.0 Å². The Balaban J connectivity index is 1.74. The van der Waals surface area contributed by atoms with Gasteiger partial charge in [-0.15, -0.1) is 0 Å². The molecule has 2 heterocycles. The lowest BCUT2D eigenvalue weighted by Crippen LogP contribution is -2.40. The van der Waals surface area contributed by atoms with E-state index in [1.54, 1.807) is 16.5 Å². The number of aromatic nitrogens is 2. The first kappa shape index (κ1) is 17.2. The predicted molar refractivity (Wildman–Crippen MR) is 94.0 cm³/mol. The van der Waals surface area contributed by atoms with Gasteiger partial charge in [0, 0.05) is 33.2 Å². The second kappa shape index (κ2) is 7.10. The Hall–Kier alpha value is -2.61. The molecular weight excluding hydrogens is 322 g/mol.